The second-order valence-electron chi connectivity index (χ2n) is 6.46. The van der Waals surface area contributed by atoms with Crippen molar-refractivity contribution in [2.75, 3.05) is 13.1 Å². The van der Waals surface area contributed by atoms with E-state index in [-0.39, 0.29) is 0 Å². The third-order valence-electron chi connectivity index (χ3n) is 4.05. The third-order valence-corrected chi connectivity index (χ3v) is 5.14. The Morgan fingerprint density at radius 3 is 2.75 bits per heavy atom. The largest absolute Gasteiger partial charge is 0.312 e. The van der Waals surface area contributed by atoms with Gasteiger partial charge < -0.3 is 5.32 Å². The van der Waals surface area contributed by atoms with Gasteiger partial charge in [0.1, 0.15) is 0 Å². The van der Waals surface area contributed by atoms with Crippen LogP contribution in [0.25, 0.3) is 0 Å². The van der Waals surface area contributed by atoms with Crippen molar-refractivity contribution in [3.8, 4) is 0 Å². The fraction of sp³-hybridized carbons (Fsp3) is 0.765. The maximum absolute atomic E-state index is 3.43. The quantitative estimate of drug-likeness (QED) is 0.735. The molecule has 1 aromatic rings. The number of nitrogens with zero attached hydrogens (tertiary/aromatic N) is 1. The monoisotopic (exact) mass is 294 g/mol. The van der Waals surface area contributed by atoms with Crippen molar-refractivity contribution in [1.82, 2.24) is 10.2 Å². The number of nitrogens with one attached hydrogen (secondary N) is 1. The first-order valence-electron chi connectivity index (χ1n) is 8.13. The van der Waals surface area contributed by atoms with E-state index in [1.165, 1.54) is 35.6 Å². The summed E-state index contributed by atoms with van der Waals surface area (Å²) in [6.07, 6.45) is 4.14. The fourth-order valence-electron chi connectivity index (χ4n) is 2.55. The summed E-state index contributed by atoms with van der Waals surface area (Å²) < 4.78 is 0. The minimum Gasteiger partial charge on any atom is -0.312 e. The van der Waals surface area contributed by atoms with Crippen molar-refractivity contribution in [1.29, 1.82) is 0 Å². The van der Waals surface area contributed by atoms with Crippen LogP contribution in [0.2, 0.25) is 0 Å². The highest BCUT2D eigenvalue weighted by atomic mass is 32.1. The van der Waals surface area contributed by atoms with Crippen LogP contribution in [0.5, 0.6) is 0 Å². The van der Waals surface area contributed by atoms with E-state index in [4.69, 9.17) is 0 Å². The van der Waals surface area contributed by atoms with Crippen molar-refractivity contribution in [2.24, 2.45) is 5.92 Å². The molecule has 1 N–H and O–H groups in total. The average molecular weight is 295 g/mol. The van der Waals surface area contributed by atoms with E-state index in [2.05, 4.69) is 44.0 Å². The lowest BCUT2D eigenvalue weighted by atomic mass is 10.1. The molecule has 114 valence electrons. The zero-order chi connectivity index (χ0) is 14.5. The van der Waals surface area contributed by atoms with Crippen molar-refractivity contribution in [2.45, 2.75) is 66.1 Å². The first-order valence-corrected chi connectivity index (χ1v) is 8.94. The first-order chi connectivity index (χ1) is 9.60. The Morgan fingerprint density at radius 2 is 2.15 bits per heavy atom. The van der Waals surface area contributed by atoms with Crippen molar-refractivity contribution in [3.63, 3.8) is 0 Å². The predicted octanol–water partition coefficient (Wildman–Crippen LogP) is 4.18. The van der Waals surface area contributed by atoms with Crippen LogP contribution in [0, 0.1) is 12.8 Å². The highest BCUT2D eigenvalue weighted by Crippen LogP contribution is 2.31. The minimum absolute atomic E-state index is 0.809. The SMILES string of the molecule is CCNCc1cc(CN(CCC(C)C)C2CC2)c(C)s1. The summed E-state index contributed by atoms with van der Waals surface area (Å²) in [6, 6.07) is 3.29. The number of thiophene rings is 1. The van der Waals surface area contributed by atoms with Crippen molar-refractivity contribution >= 4 is 11.3 Å². The minimum atomic E-state index is 0.809. The van der Waals surface area contributed by atoms with E-state index in [0.29, 0.717) is 0 Å². The molecule has 2 rings (SSSR count). The Hall–Kier alpha value is -0.380. The van der Waals surface area contributed by atoms with E-state index in [1.807, 2.05) is 11.3 Å². The van der Waals surface area contributed by atoms with Gasteiger partial charge in [-0.25, -0.2) is 0 Å². The molecule has 0 aromatic carbocycles. The van der Waals surface area contributed by atoms with Gasteiger partial charge >= 0.3 is 0 Å². The number of hydrogen-bond donors (Lipinski definition) is 1. The molecule has 20 heavy (non-hydrogen) atoms. The molecule has 0 amide bonds. The summed E-state index contributed by atoms with van der Waals surface area (Å²) in [7, 11) is 0. The number of rotatable bonds is 9. The summed E-state index contributed by atoms with van der Waals surface area (Å²) in [5.41, 5.74) is 1.55. The molecule has 2 nitrogen and oxygen atoms in total. The van der Waals surface area contributed by atoms with Gasteiger partial charge in [0.2, 0.25) is 0 Å². The van der Waals surface area contributed by atoms with Gasteiger partial charge in [-0.05, 0) is 56.8 Å². The van der Waals surface area contributed by atoms with Crippen molar-refractivity contribution in [3.05, 3.63) is 21.4 Å². The maximum atomic E-state index is 3.43. The van der Waals surface area contributed by atoms with Crippen LogP contribution in [-0.2, 0) is 13.1 Å². The van der Waals surface area contributed by atoms with Crippen LogP contribution in [0.3, 0.4) is 0 Å². The molecule has 3 heteroatoms. The van der Waals surface area contributed by atoms with Gasteiger partial charge in [-0.15, -0.1) is 11.3 Å². The highest BCUT2D eigenvalue weighted by molar-refractivity contribution is 7.12. The second kappa shape index (κ2) is 7.58. The molecule has 1 fully saturated rings. The summed E-state index contributed by atoms with van der Waals surface area (Å²) in [6.45, 7) is 13.6. The molecule has 0 saturated heterocycles. The standard InChI is InChI=1S/C17H30N2S/c1-5-18-11-17-10-15(14(4)20-17)12-19(16-6-7-16)9-8-13(2)3/h10,13,16,18H,5-9,11-12H2,1-4H3. The molecule has 0 aliphatic heterocycles. The molecule has 0 atom stereocenters. The number of hydrogen-bond acceptors (Lipinski definition) is 3. The lowest BCUT2D eigenvalue weighted by Crippen LogP contribution is -2.27. The lowest BCUT2D eigenvalue weighted by Gasteiger charge is -2.23. The van der Waals surface area contributed by atoms with E-state index in [9.17, 15) is 0 Å². The Morgan fingerprint density at radius 1 is 1.40 bits per heavy atom. The van der Waals surface area contributed by atoms with Crippen LogP contribution in [0.4, 0.5) is 0 Å². The molecular weight excluding hydrogens is 264 g/mol. The van der Waals surface area contributed by atoms with Gasteiger partial charge in [0.05, 0.1) is 0 Å². The molecule has 1 saturated carbocycles. The zero-order valence-corrected chi connectivity index (χ0v) is 14.4. The summed E-state index contributed by atoms with van der Waals surface area (Å²) >= 11 is 1.96. The average Bonchev–Trinajstić information content (AvgIpc) is 3.18. The molecule has 1 heterocycles. The van der Waals surface area contributed by atoms with Gasteiger partial charge in [0.25, 0.3) is 0 Å². The Balaban J connectivity index is 1.93. The molecule has 1 aromatic heterocycles. The molecular formula is C17H30N2S. The zero-order valence-electron chi connectivity index (χ0n) is 13.5. The smallest absolute Gasteiger partial charge is 0.0299 e. The normalized spacial score (nSPS) is 15.5. The topological polar surface area (TPSA) is 15.3 Å². The van der Waals surface area contributed by atoms with Gasteiger partial charge in [0, 0.05) is 28.9 Å². The summed E-state index contributed by atoms with van der Waals surface area (Å²) in [5, 5.41) is 3.43. The first kappa shape index (κ1) is 16.0. The molecule has 0 spiro atoms. The molecule has 1 aliphatic carbocycles. The van der Waals surface area contributed by atoms with E-state index in [1.54, 1.807) is 5.56 Å². The summed E-state index contributed by atoms with van der Waals surface area (Å²) in [5.74, 6) is 0.809. The van der Waals surface area contributed by atoms with Gasteiger partial charge in [-0.2, -0.15) is 0 Å². The Kier molecular flexibility index (Phi) is 6.06. The van der Waals surface area contributed by atoms with E-state index < -0.39 is 0 Å². The van der Waals surface area contributed by atoms with Gasteiger partial charge in [0.15, 0.2) is 0 Å². The highest BCUT2D eigenvalue weighted by Gasteiger charge is 2.29. The Labute approximate surface area is 128 Å². The molecule has 0 unspecified atom stereocenters. The van der Waals surface area contributed by atoms with Crippen LogP contribution in [0.15, 0.2) is 6.07 Å². The van der Waals surface area contributed by atoms with Crippen LogP contribution >= 0.6 is 11.3 Å². The molecule has 1 aliphatic rings. The second-order valence-corrected chi connectivity index (χ2v) is 7.80. The Bertz CT molecular complexity index is 407. The third kappa shape index (κ3) is 4.87. The lowest BCUT2D eigenvalue weighted by molar-refractivity contribution is 0.239. The van der Waals surface area contributed by atoms with Gasteiger partial charge in [-0.1, -0.05) is 20.8 Å². The maximum Gasteiger partial charge on any atom is 0.0299 e. The predicted molar refractivity (Wildman–Crippen MR) is 89.3 cm³/mol. The summed E-state index contributed by atoms with van der Waals surface area (Å²) in [4.78, 5) is 5.71. The van der Waals surface area contributed by atoms with Crippen LogP contribution in [0.1, 0.15) is 55.4 Å². The molecule has 0 radical (unpaired) electrons. The van der Waals surface area contributed by atoms with Crippen molar-refractivity contribution < 1.29 is 0 Å². The van der Waals surface area contributed by atoms with E-state index >= 15 is 0 Å². The molecule has 0 bridgehead atoms. The number of aryl methyl sites for hydroxylation is 1. The van der Waals surface area contributed by atoms with E-state index in [0.717, 1.165) is 31.6 Å². The van der Waals surface area contributed by atoms with Crippen LogP contribution in [-0.4, -0.2) is 24.0 Å². The fourth-order valence-corrected chi connectivity index (χ4v) is 3.58. The van der Waals surface area contributed by atoms with Crippen LogP contribution < -0.4 is 5.32 Å². The van der Waals surface area contributed by atoms with Gasteiger partial charge in [-0.3, -0.25) is 4.90 Å².